The number of carbonyl (C=O) groups excluding carboxylic acids is 1. The first-order chi connectivity index (χ1) is 13.4. The number of amides is 1. The molecule has 5 nitrogen and oxygen atoms in total. The molecule has 0 atom stereocenters. The van der Waals surface area contributed by atoms with Crippen molar-refractivity contribution in [1.82, 2.24) is 0 Å². The van der Waals surface area contributed by atoms with Crippen LogP contribution >= 0.6 is 11.6 Å². The molecule has 7 heteroatoms. The first kappa shape index (κ1) is 19.9. The zero-order valence-corrected chi connectivity index (χ0v) is 16.6. The average Bonchev–Trinajstić information content (AvgIpc) is 2.71. The molecule has 3 rings (SSSR count). The number of sulfone groups is 1. The normalized spacial score (nSPS) is 11.1. The van der Waals surface area contributed by atoms with Gasteiger partial charge in [-0.25, -0.2) is 8.42 Å². The summed E-state index contributed by atoms with van der Waals surface area (Å²) in [6.45, 7) is 1.57. The highest BCUT2D eigenvalue weighted by Crippen LogP contribution is 2.32. The van der Waals surface area contributed by atoms with E-state index < -0.39 is 15.7 Å². The number of rotatable bonds is 6. The van der Waals surface area contributed by atoms with E-state index in [0.29, 0.717) is 27.8 Å². The van der Waals surface area contributed by atoms with Crippen LogP contribution in [0.3, 0.4) is 0 Å². The van der Waals surface area contributed by atoms with Crippen molar-refractivity contribution in [3.05, 3.63) is 83.4 Å². The molecule has 0 spiro atoms. The summed E-state index contributed by atoms with van der Waals surface area (Å²) in [7, 11) is -3.32. The highest BCUT2D eigenvalue weighted by molar-refractivity contribution is 7.91. The van der Waals surface area contributed by atoms with Crippen LogP contribution in [-0.4, -0.2) is 20.1 Å². The van der Waals surface area contributed by atoms with Gasteiger partial charge in [-0.05, 0) is 54.6 Å². The van der Waals surface area contributed by atoms with Crippen LogP contribution in [0.1, 0.15) is 17.3 Å². The van der Waals surface area contributed by atoms with E-state index in [-0.39, 0.29) is 10.6 Å². The number of hydrogen-bond acceptors (Lipinski definition) is 4. The van der Waals surface area contributed by atoms with Crippen LogP contribution in [0.5, 0.6) is 11.5 Å². The van der Waals surface area contributed by atoms with Gasteiger partial charge in [0.1, 0.15) is 5.75 Å². The maximum absolute atomic E-state index is 12.6. The maximum atomic E-state index is 12.6. The molecule has 0 bridgehead atoms. The summed E-state index contributed by atoms with van der Waals surface area (Å²) in [5.41, 5.74) is 0.729. The largest absolute Gasteiger partial charge is 0.455 e. The van der Waals surface area contributed by atoms with Crippen LogP contribution in [0.2, 0.25) is 5.02 Å². The Hall–Kier alpha value is -2.83. The predicted octanol–water partition coefficient (Wildman–Crippen LogP) is 5.18. The Labute approximate surface area is 168 Å². The van der Waals surface area contributed by atoms with Crippen molar-refractivity contribution in [3.63, 3.8) is 0 Å². The second kappa shape index (κ2) is 8.46. The van der Waals surface area contributed by atoms with E-state index in [1.54, 1.807) is 37.3 Å². The van der Waals surface area contributed by atoms with E-state index in [1.807, 2.05) is 18.2 Å². The van der Waals surface area contributed by atoms with Gasteiger partial charge in [-0.2, -0.15) is 0 Å². The van der Waals surface area contributed by atoms with Crippen LogP contribution in [0.25, 0.3) is 0 Å². The minimum Gasteiger partial charge on any atom is -0.455 e. The molecule has 0 radical (unpaired) electrons. The van der Waals surface area contributed by atoms with Crippen molar-refractivity contribution in [2.24, 2.45) is 0 Å². The lowest BCUT2D eigenvalue weighted by Crippen LogP contribution is -2.13. The lowest BCUT2D eigenvalue weighted by Gasteiger charge is -2.13. The zero-order valence-electron chi connectivity index (χ0n) is 15.1. The summed E-state index contributed by atoms with van der Waals surface area (Å²) in [5, 5.41) is 3.21. The number of nitrogens with one attached hydrogen (secondary N) is 1. The molecule has 144 valence electrons. The molecule has 0 heterocycles. The molecule has 0 aliphatic heterocycles. The third kappa shape index (κ3) is 4.71. The minimum atomic E-state index is -3.32. The number of benzene rings is 3. The summed E-state index contributed by atoms with van der Waals surface area (Å²) >= 11 is 6.06. The lowest BCUT2D eigenvalue weighted by atomic mass is 10.2. The standard InChI is InChI=1S/C21H18ClNO4S/c1-2-28(25,26)18-11-8-15(9-12-18)21(24)23-19-14-16(22)10-13-20(19)27-17-6-4-3-5-7-17/h3-14H,2H2,1H3,(H,23,24). The Morgan fingerprint density at radius 2 is 1.68 bits per heavy atom. The first-order valence-corrected chi connectivity index (χ1v) is 10.6. The van der Waals surface area contributed by atoms with Crippen LogP contribution in [0.15, 0.2) is 77.7 Å². The van der Waals surface area contributed by atoms with Crippen molar-refractivity contribution < 1.29 is 17.9 Å². The van der Waals surface area contributed by atoms with Gasteiger partial charge in [0.2, 0.25) is 0 Å². The van der Waals surface area contributed by atoms with Crippen molar-refractivity contribution in [2.75, 3.05) is 11.1 Å². The molecule has 0 fully saturated rings. The minimum absolute atomic E-state index is 0.00123. The topological polar surface area (TPSA) is 72.5 Å². The van der Waals surface area contributed by atoms with E-state index in [9.17, 15) is 13.2 Å². The number of para-hydroxylation sites is 1. The molecule has 28 heavy (non-hydrogen) atoms. The summed E-state index contributed by atoms with van der Waals surface area (Å²) in [6, 6.07) is 19.9. The van der Waals surface area contributed by atoms with Gasteiger partial charge in [0.15, 0.2) is 15.6 Å². The molecular formula is C21H18ClNO4S. The van der Waals surface area contributed by atoms with E-state index in [4.69, 9.17) is 16.3 Å². The predicted molar refractivity (Wildman–Crippen MR) is 110 cm³/mol. The SMILES string of the molecule is CCS(=O)(=O)c1ccc(C(=O)Nc2cc(Cl)ccc2Oc2ccccc2)cc1. The molecule has 0 saturated heterocycles. The zero-order chi connectivity index (χ0) is 20.1. The molecule has 0 saturated carbocycles. The van der Waals surface area contributed by atoms with Crippen molar-refractivity contribution >= 4 is 33.0 Å². The fourth-order valence-electron chi connectivity index (χ4n) is 2.48. The maximum Gasteiger partial charge on any atom is 0.255 e. The number of carbonyl (C=O) groups is 1. The van der Waals surface area contributed by atoms with Crippen molar-refractivity contribution in [1.29, 1.82) is 0 Å². The van der Waals surface area contributed by atoms with Crippen LogP contribution in [0.4, 0.5) is 5.69 Å². The second-order valence-electron chi connectivity index (χ2n) is 5.94. The lowest BCUT2D eigenvalue weighted by molar-refractivity contribution is 0.102. The van der Waals surface area contributed by atoms with E-state index >= 15 is 0 Å². The van der Waals surface area contributed by atoms with Crippen molar-refractivity contribution in [2.45, 2.75) is 11.8 Å². The fourth-order valence-corrected chi connectivity index (χ4v) is 3.54. The summed E-state index contributed by atoms with van der Waals surface area (Å²) in [4.78, 5) is 12.8. The summed E-state index contributed by atoms with van der Waals surface area (Å²) in [5.74, 6) is 0.658. The van der Waals surface area contributed by atoms with E-state index in [1.165, 1.54) is 24.3 Å². The Morgan fingerprint density at radius 3 is 2.32 bits per heavy atom. The highest BCUT2D eigenvalue weighted by Gasteiger charge is 2.15. The number of halogens is 1. The molecule has 0 aliphatic carbocycles. The number of ether oxygens (including phenoxy) is 1. The second-order valence-corrected chi connectivity index (χ2v) is 8.65. The Morgan fingerprint density at radius 1 is 1.00 bits per heavy atom. The van der Waals surface area contributed by atoms with Gasteiger partial charge in [-0.15, -0.1) is 0 Å². The molecule has 3 aromatic carbocycles. The van der Waals surface area contributed by atoms with Gasteiger partial charge in [0.05, 0.1) is 16.3 Å². The van der Waals surface area contributed by atoms with Gasteiger partial charge >= 0.3 is 0 Å². The molecule has 0 unspecified atom stereocenters. The summed E-state index contributed by atoms with van der Waals surface area (Å²) < 4.78 is 29.6. The van der Waals surface area contributed by atoms with Gasteiger partial charge < -0.3 is 10.1 Å². The Kier molecular flexibility index (Phi) is 6.02. The average molecular weight is 416 g/mol. The quantitative estimate of drug-likeness (QED) is 0.602. The molecule has 0 aromatic heterocycles. The Bertz CT molecular complexity index is 1080. The van der Waals surface area contributed by atoms with E-state index in [2.05, 4.69) is 5.32 Å². The monoisotopic (exact) mass is 415 g/mol. The summed E-state index contributed by atoms with van der Waals surface area (Å²) in [6.07, 6.45) is 0. The fraction of sp³-hybridized carbons (Fsp3) is 0.0952. The smallest absolute Gasteiger partial charge is 0.255 e. The van der Waals surface area contributed by atoms with E-state index in [0.717, 1.165) is 0 Å². The molecule has 1 amide bonds. The van der Waals surface area contributed by atoms with Gasteiger partial charge in [0.25, 0.3) is 5.91 Å². The third-order valence-electron chi connectivity index (χ3n) is 4.02. The molecule has 3 aromatic rings. The van der Waals surface area contributed by atoms with Gasteiger partial charge in [-0.1, -0.05) is 36.7 Å². The van der Waals surface area contributed by atoms with Crippen molar-refractivity contribution in [3.8, 4) is 11.5 Å². The molecular weight excluding hydrogens is 398 g/mol. The third-order valence-corrected chi connectivity index (χ3v) is 6.00. The first-order valence-electron chi connectivity index (χ1n) is 8.55. The van der Waals surface area contributed by atoms with Crippen LogP contribution in [0, 0.1) is 0 Å². The highest BCUT2D eigenvalue weighted by atomic mass is 35.5. The van der Waals surface area contributed by atoms with Crippen LogP contribution < -0.4 is 10.1 Å². The van der Waals surface area contributed by atoms with Gasteiger partial charge in [0, 0.05) is 10.6 Å². The molecule has 0 aliphatic rings. The van der Waals surface area contributed by atoms with Gasteiger partial charge in [-0.3, -0.25) is 4.79 Å². The molecule has 1 N–H and O–H groups in total. The van der Waals surface area contributed by atoms with Crippen LogP contribution in [-0.2, 0) is 9.84 Å². The number of anilines is 1. The number of hydrogen-bond donors (Lipinski definition) is 1. The Balaban J connectivity index is 1.83.